The van der Waals surface area contributed by atoms with Gasteiger partial charge in [0, 0.05) is 11.6 Å². The standard InChI is InChI=1S/C15H21NO3/c1-10(2)19-14-9-4-3-6-11(14)12-7-5-8-13(16-12)15(17)18/h3-4,6,9-10,12-13,16H,5,7-8H2,1-2H3,(H,17,18). The zero-order chi connectivity index (χ0) is 13.8. The predicted molar refractivity (Wildman–Crippen MR) is 73.4 cm³/mol. The molecule has 0 saturated carbocycles. The van der Waals surface area contributed by atoms with Gasteiger partial charge in [-0.3, -0.25) is 10.1 Å². The summed E-state index contributed by atoms with van der Waals surface area (Å²) in [6.07, 6.45) is 2.67. The summed E-state index contributed by atoms with van der Waals surface area (Å²) >= 11 is 0. The van der Waals surface area contributed by atoms with Crippen LogP contribution in [0.1, 0.15) is 44.7 Å². The number of hydrogen-bond acceptors (Lipinski definition) is 3. The number of piperidine rings is 1. The molecule has 0 amide bonds. The van der Waals surface area contributed by atoms with Crippen LogP contribution < -0.4 is 10.1 Å². The van der Waals surface area contributed by atoms with Crippen molar-refractivity contribution in [1.29, 1.82) is 0 Å². The zero-order valence-corrected chi connectivity index (χ0v) is 11.4. The van der Waals surface area contributed by atoms with Gasteiger partial charge in [-0.2, -0.15) is 0 Å². The van der Waals surface area contributed by atoms with Crippen molar-refractivity contribution in [3.8, 4) is 5.75 Å². The molecule has 4 heteroatoms. The third-order valence-corrected chi connectivity index (χ3v) is 3.34. The van der Waals surface area contributed by atoms with E-state index in [4.69, 9.17) is 9.84 Å². The Kier molecular flexibility index (Phi) is 4.43. The summed E-state index contributed by atoms with van der Waals surface area (Å²) < 4.78 is 5.81. The number of para-hydroxylation sites is 1. The first-order valence-electron chi connectivity index (χ1n) is 6.82. The lowest BCUT2D eigenvalue weighted by Crippen LogP contribution is -2.42. The molecule has 1 aliphatic rings. The van der Waals surface area contributed by atoms with Crippen LogP contribution in [-0.4, -0.2) is 23.2 Å². The fraction of sp³-hybridized carbons (Fsp3) is 0.533. The van der Waals surface area contributed by atoms with E-state index >= 15 is 0 Å². The molecule has 1 heterocycles. The number of carboxylic acid groups (broad SMARTS) is 1. The molecule has 104 valence electrons. The van der Waals surface area contributed by atoms with Crippen molar-refractivity contribution in [3.63, 3.8) is 0 Å². The van der Waals surface area contributed by atoms with Crippen LogP contribution in [0.15, 0.2) is 24.3 Å². The monoisotopic (exact) mass is 263 g/mol. The minimum absolute atomic E-state index is 0.0600. The predicted octanol–water partition coefficient (Wildman–Crippen LogP) is 2.74. The van der Waals surface area contributed by atoms with E-state index in [-0.39, 0.29) is 12.1 Å². The van der Waals surface area contributed by atoms with Crippen molar-refractivity contribution >= 4 is 5.97 Å². The van der Waals surface area contributed by atoms with Crippen LogP contribution in [0.25, 0.3) is 0 Å². The van der Waals surface area contributed by atoms with E-state index in [9.17, 15) is 4.79 Å². The molecular weight excluding hydrogens is 242 g/mol. The van der Waals surface area contributed by atoms with Gasteiger partial charge in [0.25, 0.3) is 0 Å². The van der Waals surface area contributed by atoms with E-state index in [1.54, 1.807) is 0 Å². The first-order chi connectivity index (χ1) is 9.08. The summed E-state index contributed by atoms with van der Waals surface area (Å²) in [7, 11) is 0. The molecular formula is C15H21NO3. The topological polar surface area (TPSA) is 58.6 Å². The Morgan fingerprint density at radius 2 is 2.11 bits per heavy atom. The van der Waals surface area contributed by atoms with Gasteiger partial charge in [-0.15, -0.1) is 0 Å². The summed E-state index contributed by atoms with van der Waals surface area (Å²) in [6.45, 7) is 3.98. The maximum atomic E-state index is 11.1. The Morgan fingerprint density at radius 3 is 2.79 bits per heavy atom. The normalized spacial score (nSPS) is 23.3. The number of carbonyl (C=O) groups is 1. The molecule has 2 unspecified atom stereocenters. The molecule has 0 spiro atoms. The molecule has 2 N–H and O–H groups in total. The number of aliphatic carboxylic acids is 1. The minimum atomic E-state index is -0.771. The van der Waals surface area contributed by atoms with Gasteiger partial charge in [-0.25, -0.2) is 0 Å². The lowest BCUT2D eigenvalue weighted by atomic mass is 9.93. The minimum Gasteiger partial charge on any atom is -0.491 e. The second-order valence-electron chi connectivity index (χ2n) is 5.25. The summed E-state index contributed by atoms with van der Waals surface area (Å²) in [4.78, 5) is 11.1. The fourth-order valence-corrected chi connectivity index (χ4v) is 2.51. The molecule has 0 radical (unpaired) electrons. The van der Waals surface area contributed by atoms with Crippen LogP contribution in [0, 0.1) is 0 Å². The van der Waals surface area contributed by atoms with Crippen LogP contribution in [0.4, 0.5) is 0 Å². The van der Waals surface area contributed by atoms with Gasteiger partial charge in [0.05, 0.1) is 6.10 Å². The molecule has 0 aliphatic carbocycles. The van der Waals surface area contributed by atoms with Gasteiger partial charge >= 0.3 is 5.97 Å². The Labute approximate surface area is 113 Å². The average Bonchev–Trinajstić information content (AvgIpc) is 2.39. The molecule has 1 aromatic carbocycles. The zero-order valence-electron chi connectivity index (χ0n) is 11.4. The van der Waals surface area contributed by atoms with Crippen molar-refractivity contribution in [1.82, 2.24) is 5.32 Å². The van der Waals surface area contributed by atoms with Crippen LogP contribution >= 0.6 is 0 Å². The van der Waals surface area contributed by atoms with E-state index < -0.39 is 12.0 Å². The number of rotatable bonds is 4. The Hall–Kier alpha value is -1.55. The van der Waals surface area contributed by atoms with Crippen LogP contribution in [0.5, 0.6) is 5.75 Å². The molecule has 19 heavy (non-hydrogen) atoms. The molecule has 1 fully saturated rings. The Balaban J connectivity index is 2.18. The van der Waals surface area contributed by atoms with Gasteiger partial charge in [0.1, 0.15) is 11.8 Å². The van der Waals surface area contributed by atoms with Crippen molar-refractivity contribution in [2.45, 2.75) is 51.3 Å². The maximum absolute atomic E-state index is 11.1. The van der Waals surface area contributed by atoms with Gasteiger partial charge in [-0.05, 0) is 39.2 Å². The van der Waals surface area contributed by atoms with E-state index in [0.29, 0.717) is 6.42 Å². The van der Waals surface area contributed by atoms with E-state index in [0.717, 1.165) is 24.2 Å². The molecule has 1 aliphatic heterocycles. The molecule has 1 aromatic rings. The number of nitrogens with one attached hydrogen (secondary N) is 1. The largest absolute Gasteiger partial charge is 0.491 e. The van der Waals surface area contributed by atoms with Crippen molar-refractivity contribution < 1.29 is 14.6 Å². The quantitative estimate of drug-likeness (QED) is 0.877. The summed E-state index contributed by atoms with van der Waals surface area (Å²) in [5.41, 5.74) is 1.06. The SMILES string of the molecule is CC(C)Oc1ccccc1C1CCCC(C(=O)O)N1. The molecule has 1 saturated heterocycles. The van der Waals surface area contributed by atoms with Gasteiger partial charge < -0.3 is 9.84 Å². The summed E-state index contributed by atoms with van der Waals surface area (Å²) in [5, 5.41) is 12.3. The highest BCUT2D eigenvalue weighted by Crippen LogP contribution is 2.32. The fourth-order valence-electron chi connectivity index (χ4n) is 2.51. The number of ether oxygens (including phenoxy) is 1. The Morgan fingerprint density at radius 1 is 1.37 bits per heavy atom. The highest BCUT2D eigenvalue weighted by molar-refractivity contribution is 5.73. The highest BCUT2D eigenvalue weighted by atomic mass is 16.5. The molecule has 0 bridgehead atoms. The van der Waals surface area contributed by atoms with Crippen LogP contribution in [0.3, 0.4) is 0 Å². The van der Waals surface area contributed by atoms with E-state index in [2.05, 4.69) is 5.32 Å². The molecule has 2 atom stereocenters. The van der Waals surface area contributed by atoms with E-state index in [1.165, 1.54) is 0 Å². The number of benzene rings is 1. The van der Waals surface area contributed by atoms with Gasteiger partial charge in [0.2, 0.25) is 0 Å². The second kappa shape index (κ2) is 6.06. The van der Waals surface area contributed by atoms with Crippen molar-refractivity contribution in [2.75, 3.05) is 0 Å². The first kappa shape index (κ1) is 13.9. The van der Waals surface area contributed by atoms with Crippen LogP contribution in [-0.2, 0) is 4.79 Å². The van der Waals surface area contributed by atoms with E-state index in [1.807, 2.05) is 38.1 Å². The van der Waals surface area contributed by atoms with Gasteiger partial charge in [-0.1, -0.05) is 18.2 Å². The third kappa shape index (κ3) is 3.47. The second-order valence-corrected chi connectivity index (χ2v) is 5.25. The first-order valence-corrected chi connectivity index (χ1v) is 6.82. The molecule has 0 aromatic heterocycles. The third-order valence-electron chi connectivity index (χ3n) is 3.34. The number of carboxylic acids is 1. The highest BCUT2D eigenvalue weighted by Gasteiger charge is 2.28. The van der Waals surface area contributed by atoms with Crippen molar-refractivity contribution in [2.24, 2.45) is 0 Å². The lowest BCUT2D eigenvalue weighted by Gasteiger charge is -2.30. The van der Waals surface area contributed by atoms with Gasteiger partial charge in [0.15, 0.2) is 0 Å². The molecule has 4 nitrogen and oxygen atoms in total. The summed E-state index contributed by atoms with van der Waals surface area (Å²) in [5.74, 6) is 0.0768. The maximum Gasteiger partial charge on any atom is 0.320 e. The Bertz CT molecular complexity index is 445. The number of hydrogen-bond donors (Lipinski definition) is 2. The average molecular weight is 263 g/mol. The summed E-state index contributed by atoms with van der Waals surface area (Å²) in [6, 6.07) is 7.48. The van der Waals surface area contributed by atoms with Crippen LogP contribution in [0.2, 0.25) is 0 Å². The lowest BCUT2D eigenvalue weighted by molar-refractivity contribution is -0.140. The smallest absolute Gasteiger partial charge is 0.320 e. The molecule has 2 rings (SSSR count). The van der Waals surface area contributed by atoms with Crippen molar-refractivity contribution in [3.05, 3.63) is 29.8 Å².